The Morgan fingerprint density at radius 2 is 1.53 bits per heavy atom. The van der Waals surface area contributed by atoms with Crippen molar-refractivity contribution in [2.75, 3.05) is 13.1 Å². The molecule has 0 aromatic heterocycles. The van der Waals surface area contributed by atoms with Crippen molar-refractivity contribution in [1.82, 2.24) is 4.90 Å². The monoisotopic (exact) mass is 409 g/mol. The van der Waals surface area contributed by atoms with Crippen LogP contribution in [0.25, 0.3) is 11.1 Å². The van der Waals surface area contributed by atoms with Crippen molar-refractivity contribution in [3.05, 3.63) is 72.2 Å². The number of piperidine rings is 1. The van der Waals surface area contributed by atoms with Gasteiger partial charge in [-0.1, -0.05) is 69.8 Å². The SMILES string of the molecule is C=C(C)N1CCC(O)(c2ccccc2-c2ccccc2F)CC1.CC(C)(C)C1CC1. The zero-order valence-corrected chi connectivity index (χ0v) is 18.9. The largest absolute Gasteiger partial charge is 0.385 e. The van der Waals surface area contributed by atoms with E-state index in [0.717, 1.165) is 35.8 Å². The number of aliphatic hydroxyl groups is 1. The van der Waals surface area contributed by atoms with Crippen LogP contribution < -0.4 is 0 Å². The van der Waals surface area contributed by atoms with Gasteiger partial charge in [0.1, 0.15) is 5.82 Å². The molecule has 0 amide bonds. The quantitative estimate of drug-likeness (QED) is 0.606. The van der Waals surface area contributed by atoms with Crippen LogP contribution in [-0.2, 0) is 5.60 Å². The first-order valence-corrected chi connectivity index (χ1v) is 11.1. The van der Waals surface area contributed by atoms with E-state index in [-0.39, 0.29) is 5.82 Å². The van der Waals surface area contributed by atoms with Gasteiger partial charge in [0.2, 0.25) is 0 Å². The lowest BCUT2D eigenvalue weighted by Crippen LogP contribution is -2.41. The van der Waals surface area contributed by atoms with Gasteiger partial charge in [0.15, 0.2) is 0 Å². The summed E-state index contributed by atoms with van der Waals surface area (Å²) < 4.78 is 14.2. The van der Waals surface area contributed by atoms with Crippen molar-refractivity contribution in [2.45, 2.75) is 59.0 Å². The molecule has 1 N–H and O–H groups in total. The minimum absolute atomic E-state index is 0.261. The number of hydrogen-bond acceptors (Lipinski definition) is 2. The second kappa shape index (κ2) is 8.93. The molecule has 30 heavy (non-hydrogen) atoms. The summed E-state index contributed by atoms with van der Waals surface area (Å²) in [4.78, 5) is 2.18. The summed E-state index contributed by atoms with van der Waals surface area (Å²) >= 11 is 0. The molecule has 1 saturated heterocycles. The summed E-state index contributed by atoms with van der Waals surface area (Å²) in [6.45, 7) is 14.4. The molecule has 0 spiro atoms. The zero-order valence-electron chi connectivity index (χ0n) is 18.9. The number of nitrogens with zero attached hydrogens (tertiary/aromatic N) is 1. The lowest BCUT2D eigenvalue weighted by Gasteiger charge is -2.40. The van der Waals surface area contributed by atoms with Crippen LogP contribution in [0, 0.1) is 17.2 Å². The Balaban J connectivity index is 0.000000310. The van der Waals surface area contributed by atoms with Crippen molar-refractivity contribution in [3.63, 3.8) is 0 Å². The Kier molecular flexibility index (Phi) is 6.71. The lowest BCUT2D eigenvalue weighted by molar-refractivity contribution is -0.0179. The van der Waals surface area contributed by atoms with Gasteiger partial charge in [-0.25, -0.2) is 4.39 Å². The van der Waals surface area contributed by atoms with E-state index in [4.69, 9.17) is 0 Å². The normalized spacial score (nSPS) is 18.4. The van der Waals surface area contributed by atoms with Crippen LogP contribution in [0.15, 0.2) is 60.8 Å². The van der Waals surface area contributed by atoms with Crippen molar-refractivity contribution < 1.29 is 9.50 Å². The Labute approximate surface area is 181 Å². The van der Waals surface area contributed by atoms with Crippen LogP contribution in [0.5, 0.6) is 0 Å². The van der Waals surface area contributed by atoms with Crippen LogP contribution in [0.4, 0.5) is 4.39 Å². The third-order valence-electron chi connectivity index (χ3n) is 6.52. The molecular formula is C27H36FNO. The number of rotatable bonds is 3. The first-order chi connectivity index (χ1) is 14.1. The summed E-state index contributed by atoms with van der Waals surface area (Å²) in [6, 6.07) is 14.3. The Bertz CT molecular complexity index is 870. The average Bonchev–Trinajstić information content (AvgIpc) is 3.55. The standard InChI is InChI=1S/C20H22FNO.C7H14/c1-15(2)22-13-11-20(23,12-14-22)18-9-5-3-7-16(18)17-8-4-6-10-19(17)21;1-7(2,3)6-4-5-6/h3-10,23H,1,11-14H2,2H3;6H,4-5H2,1-3H3. The molecule has 4 rings (SSSR count). The summed E-state index contributed by atoms with van der Waals surface area (Å²) in [5, 5.41) is 11.2. The third-order valence-corrected chi connectivity index (χ3v) is 6.52. The number of hydrogen-bond donors (Lipinski definition) is 1. The van der Waals surface area contributed by atoms with Crippen molar-refractivity contribution in [3.8, 4) is 11.1 Å². The maximum atomic E-state index is 14.2. The highest BCUT2D eigenvalue weighted by atomic mass is 19.1. The maximum Gasteiger partial charge on any atom is 0.131 e. The summed E-state index contributed by atoms with van der Waals surface area (Å²) in [7, 11) is 0. The van der Waals surface area contributed by atoms with Crippen LogP contribution >= 0.6 is 0 Å². The third kappa shape index (κ3) is 5.31. The average molecular weight is 410 g/mol. The van der Waals surface area contributed by atoms with Crippen LogP contribution in [0.2, 0.25) is 0 Å². The van der Waals surface area contributed by atoms with Gasteiger partial charge in [0.25, 0.3) is 0 Å². The first-order valence-electron chi connectivity index (χ1n) is 11.1. The number of allylic oxidation sites excluding steroid dienone is 1. The van der Waals surface area contributed by atoms with E-state index in [1.54, 1.807) is 12.1 Å². The van der Waals surface area contributed by atoms with Crippen molar-refractivity contribution in [1.29, 1.82) is 0 Å². The summed E-state index contributed by atoms with van der Waals surface area (Å²) in [5.41, 5.74) is 2.84. The van der Waals surface area contributed by atoms with E-state index >= 15 is 0 Å². The van der Waals surface area contributed by atoms with Crippen molar-refractivity contribution in [2.24, 2.45) is 11.3 Å². The van der Waals surface area contributed by atoms with Gasteiger partial charge < -0.3 is 10.0 Å². The molecule has 1 aliphatic carbocycles. The second-order valence-electron chi connectivity index (χ2n) is 9.92. The van der Waals surface area contributed by atoms with Gasteiger partial charge in [-0.15, -0.1) is 0 Å². The summed E-state index contributed by atoms with van der Waals surface area (Å²) in [6.07, 6.45) is 4.18. The minimum atomic E-state index is -0.926. The number of halogens is 1. The molecule has 2 aromatic rings. The molecule has 1 aliphatic heterocycles. The van der Waals surface area contributed by atoms with Gasteiger partial charge in [-0.3, -0.25) is 0 Å². The van der Waals surface area contributed by atoms with Gasteiger partial charge in [0.05, 0.1) is 5.60 Å². The van der Waals surface area contributed by atoms with E-state index in [2.05, 4.69) is 32.3 Å². The molecule has 2 aromatic carbocycles. The molecular weight excluding hydrogens is 373 g/mol. The molecule has 0 radical (unpaired) electrons. The smallest absolute Gasteiger partial charge is 0.131 e. The topological polar surface area (TPSA) is 23.5 Å². The predicted molar refractivity (Wildman–Crippen MR) is 124 cm³/mol. The van der Waals surface area contributed by atoms with E-state index in [9.17, 15) is 9.50 Å². The first kappa shape index (κ1) is 22.6. The van der Waals surface area contributed by atoms with Gasteiger partial charge >= 0.3 is 0 Å². The summed E-state index contributed by atoms with van der Waals surface area (Å²) in [5.74, 6) is 0.787. The molecule has 2 fully saturated rings. The van der Waals surface area contributed by atoms with Gasteiger partial charge in [-0.05, 0) is 61.1 Å². The van der Waals surface area contributed by atoms with Gasteiger partial charge in [-0.2, -0.15) is 0 Å². The fourth-order valence-corrected chi connectivity index (χ4v) is 4.28. The van der Waals surface area contributed by atoms with E-state index in [1.807, 2.05) is 37.3 Å². The molecule has 2 nitrogen and oxygen atoms in total. The van der Waals surface area contributed by atoms with Crippen molar-refractivity contribution >= 4 is 0 Å². The molecule has 0 bridgehead atoms. The highest BCUT2D eigenvalue weighted by Crippen LogP contribution is 2.44. The fourth-order valence-electron chi connectivity index (χ4n) is 4.28. The highest BCUT2D eigenvalue weighted by molar-refractivity contribution is 5.69. The Morgan fingerprint density at radius 3 is 2.00 bits per heavy atom. The Morgan fingerprint density at radius 1 is 1.00 bits per heavy atom. The molecule has 0 unspecified atom stereocenters. The van der Waals surface area contributed by atoms with Gasteiger partial charge in [0, 0.05) is 24.4 Å². The molecule has 2 aliphatic rings. The molecule has 1 saturated carbocycles. The maximum absolute atomic E-state index is 14.2. The molecule has 0 atom stereocenters. The van der Waals surface area contributed by atoms with E-state index < -0.39 is 5.60 Å². The van der Waals surface area contributed by atoms with Crippen LogP contribution in [-0.4, -0.2) is 23.1 Å². The molecule has 162 valence electrons. The van der Waals surface area contributed by atoms with Crippen LogP contribution in [0.1, 0.15) is 58.9 Å². The Hall–Kier alpha value is -2.13. The van der Waals surface area contributed by atoms with E-state index in [0.29, 0.717) is 23.8 Å². The lowest BCUT2D eigenvalue weighted by atomic mass is 9.80. The fraction of sp³-hybridized carbons (Fsp3) is 0.481. The highest BCUT2D eigenvalue weighted by Gasteiger charge is 2.36. The number of benzene rings is 2. The second-order valence-corrected chi connectivity index (χ2v) is 9.92. The zero-order chi connectivity index (χ0) is 21.9. The molecule has 3 heteroatoms. The predicted octanol–water partition coefficient (Wildman–Crippen LogP) is 6.75. The van der Waals surface area contributed by atoms with E-state index in [1.165, 1.54) is 18.9 Å². The minimum Gasteiger partial charge on any atom is -0.385 e. The van der Waals surface area contributed by atoms with Crippen LogP contribution in [0.3, 0.4) is 0 Å². The number of likely N-dealkylation sites (tertiary alicyclic amines) is 1. The molecule has 1 heterocycles.